The Morgan fingerprint density at radius 2 is 1.50 bits per heavy atom. The Kier molecular flexibility index (Phi) is 6.71. The van der Waals surface area contributed by atoms with E-state index in [2.05, 4.69) is 53.4 Å². The summed E-state index contributed by atoms with van der Waals surface area (Å²) in [5.41, 5.74) is 0. The normalized spacial score (nSPS) is 17.1. The minimum atomic E-state index is 0.551. The van der Waals surface area contributed by atoms with Crippen molar-refractivity contribution in [3.63, 3.8) is 0 Å². The van der Waals surface area contributed by atoms with Crippen LogP contribution in [0.4, 0.5) is 0 Å². The van der Waals surface area contributed by atoms with E-state index in [1.165, 1.54) is 12.8 Å². The standard InChI is InChI=1S/C14H26/c1-7-13(5)14(6)9-8-12(4)10-11(2)3/h11-14H,7,10H2,1-6H3. The highest BCUT2D eigenvalue weighted by molar-refractivity contribution is 5.06. The topological polar surface area (TPSA) is 0 Å². The number of rotatable bonds is 4. The Balaban J connectivity index is 4.01. The fourth-order valence-corrected chi connectivity index (χ4v) is 1.54. The van der Waals surface area contributed by atoms with Gasteiger partial charge < -0.3 is 0 Å². The van der Waals surface area contributed by atoms with Crippen LogP contribution in [0.3, 0.4) is 0 Å². The molecule has 0 aliphatic heterocycles. The summed E-state index contributed by atoms with van der Waals surface area (Å²) >= 11 is 0. The highest BCUT2D eigenvalue weighted by Gasteiger charge is 2.07. The zero-order chi connectivity index (χ0) is 11.1. The van der Waals surface area contributed by atoms with Crippen LogP contribution in [-0.2, 0) is 0 Å². The van der Waals surface area contributed by atoms with Crippen molar-refractivity contribution in [1.82, 2.24) is 0 Å². The molecule has 0 rings (SSSR count). The molecule has 0 bridgehead atoms. The van der Waals surface area contributed by atoms with Gasteiger partial charge in [0.25, 0.3) is 0 Å². The summed E-state index contributed by atoms with van der Waals surface area (Å²) in [5, 5.41) is 0. The van der Waals surface area contributed by atoms with Crippen LogP contribution in [-0.4, -0.2) is 0 Å². The maximum absolute atomic E-state index is 3.39. The fraction of sp³-hybridized carbons (Fsp3) is 0.857. The molecule has 0 amide bonds. The molecule has 0 aliphatic carbocycles. The monoisotopic (exact) mass is 194 g/mol. The molecular formula is C14H26. The van der Waals surface area contributed by atoms with Crippen LogP contribution >= 0.6 is 0 Å². The van der Waals surface area contributed by atoms with E-state index in [0.29, 0.717) is 11.8 Å². The SMILES string of the molecule is CCC(C)C(C)C#CC(C)CC(C)C. The van der Waals surface area contributed by atoms with E-state index in [0.717, 1.165) is 11.8 Å². The maximum atomic E-state index is 3.39. The summed E-state index contributed by atoms with van der Waals surface area (Å²) in [6.45, 7) is 13.5. The molecule has 0 saturated heterocycles. The van der Waals surface area contributed by atoms with Gasteiger partial charge in [-0.1, -0.05) is 59.8 Å². The average molecular weight is 194 g/mol. The van der Waals surface area contributed by atoms with Crippen molar-refractivity contribution in [1.29, 1.82) is 0 Å². The molecule has 3 unspecified atom stereocenters. The van der Waals surface area contributed by atoms with E-state index in [9.17, 15) is 0 Å². The third-order valence-electron chi connectivity index (χ3n) is 2.88. The van der Waals surface area contributed by atoms with E-state index in [1.807, 2.05) is 0 Å². The second kappa shape index (κ2) is 6.93. The Hall–Kier alpha value is -0.440. The zero-order valence-electron chi connectivity index (χ0n) is 10.7. The lowest BCUT2D eigenvalue weighted by Gasteiger charge is -2.12. The first-order chi connectivity index (χ1) is 6.47. The molecule has 0 heterocycles. The third kappa shape index (κ3) is 6.08. The maximum Gasteiger partial charge on any atom is 0.0200 e. The lowest BCUT2D eigenvalue weighted by molar-refractivity contribution is 0.456. The van der Waals surface area contributed by atoms with E-state index in [-0.39, 0.29) is 0 Å². The summed E-state index contributed by atoms with van der Waals surface area (Å²) in [4.78, 5) is 0. The van der Waals surface area contributed by atoms with Crippen molar-refractivity contribution in [2.75, 3.05) is 0 Å². The first-order valence-corrected chi connectivity index (χ1v) is 5.98. The molecule has 0 N–H and O–H groups in total. The molecule has 0 aliphatic rings. The summed E-state index contributed by atoms with van der Waals surface area (Å²) in [7, 11) is 0. The Morgan fingerprint density at radius 3 is 1.93 bits per heavy atom. The molecular weight excluding hydrogens is 168 g/mol. The molecule has 0 heteroatoms. The van der Waals surface area contributed by atoms with Crippen LogP contribution in [0, 0.1) is 35.5 Å². The van der Waals surface area contributed by atoms with Crippen molar-refractivity contribution in [3.05, 3.63) is 0 Å². The Labute approximate surface area is 90.5 Å². The fourth-order valence-electron chi connectivity index (χ4n) is 1.54. The quantitative estimate of drug-likeness (QED) is 0.583. The van der Waals surface area contributed by atoms with Crippen molar-refractivity contribution >= 4 is 0 Å². The molecule has 0 spiro atoms. The summed E-state index contributed by atoms with van der Waals surface area (Å²) in [6.07, 6.45) is 2.45. The van der Waals surface area contributed by atoms with Gasteiger partial charge in [0.2, 0.25) is 0 Å². The van der Waals surface area contributed by atoms with Gasteiger partial charge >= 0.3 is 0 Å². The molecule has 0 saturated carbocycles. The molecule has 14 heavy (non-hydrogen) atoms. The Bertz CT molecular complexity index is 192. The van der Waals surface area contributed by atoms with Crippen molar-refractivity contribution in [2.45, 2.75) is 54.4 Å². The van der Waals surface area contributed by atoms with Crippen LogP contribution in [0.15, 0.2) is 0 Å². The molecule has 82 valence electrons. The van der Waals surface area contributed by atoms with Gasteiger partial charge in [-0.15, -0.1) is 0 Å². The second-order valence-corrected chi connectivity index (χ2v) is 4.99. The van der Waals surface area contributed by atoms with Gasteiger partial charge in [-0.25, -0.2) is 0 Å². The summed E-state index contributed by atoms with van der Waals surface area (Å²) in [6, 6.07) is 0. The molecule has 0 aromatic heterocycles. The van der Waals surface area contributed by atoms with E-state index in [1.54, 1.807) is 0 Å². The molecule has 3 atom stereocenters. The van der Waals surface area contributed by atoms with Crippen LogP contribution in [0.2, 0.25) is 0 Å². The second-order valence-electron chi connectivity index (χ2n) is 4.99. The predicted octanol–water partition coefficient (Wildman–Crippen LogP) is 4.35. The van der Waals surface area contributed by atoms with Gasteiger partial charge in [0.05, 0.1) is 0 Å². The van der Waals surface area contributed by atoms with Gasteiger partial charge in [0.1, 0.15) is 0 Å². The Morgan fingerprint density at radius 1 is 0.929 bits per heavy atom. The highest BCUT2D eigenvalue weighted by atomic mass is 14.1. The summed E-state index contributed by atoms with van der Waals surface area (Å²) in [5.74, 6) is 9.37. The van der Waals surface area contributed by atoms with Gasteiger partial charge in [-0.3, -0.25) is 0 Å². The van der Waals surface area contributed by atoms with Crippen molar-refractivity contribution < 1.29 is 0 Å². The lowest BCUT2D eigenvalue weighted by atomic mass is 9.92. The molecule has 0 radical (unpaired) electrons. The highest BCUT2D eigenvalue weighted by Crippen LogP contribution is 2.14. The van der Waals surface area contributed by atoms with Crippen molar-refractivity contribution in [2.24, 2.45) is 23.7 Å². The molecule has 0 aromatic rings. The van der Waals surface area contributed by atoms with Crippen LogP contribution in [0.25, 0.3) is 0 Å². The summed E-state index contributed by atoms with van der Waals surface area (Å²) < 4.78 is 0. The van der Waals surface area contributed by atoms with Crippen LogP contribution in [0.1, 0.15) is 54.4 Å². The van der Waals surface area contributed by atoms with Gasteiger partial charge in [-0.2, -0.15) is 0 Å². The average Bonchev–Trinajstić information content (AvgIpc) is 2.11. The van der Waals surface area contributed by atoms with Crippen LogP contribution < -0.4 is 0 Å². The molecule has 0 fully saturated rings. The van der Waals surface area contributed by atoms with E-state index >= 15 is 0 Å². The van der Waals surface area contributed by atoms with Gasteiger partial charge in [0, 0.05) is 11.8 Å². The van der Waals surface area contributed by atoms with Gasteiger partial charge in [-0.05, 0) is 18.3 Å². The zero-order valence-corrected chi connectivity index (χ0v) is 10.7. The van der Waals surface area contributed by atoms with Crippen LogP contribution in [0.5, 0.6) is 0 Å². The number of hydrogen-bond donors (Lipinski definition) is 0. The first-order valence-electron chi connectivity index (χ1n) is 5.98. The molecule has 0 nitrogen and oxygen atoms in total. The first kappa shape index (κ1) is 13.6. The predicted molar refractivity (Wildman–Crippen MR) is 65.0 cm³/mol. The van der Waals surface area contributed by atoms with E-state index < -0.39 is 0 Å². The van der Waals surface area contributed by atoms with Crippen molar-refractivity contribution in [3.8, 4) is 11.8 Å². The van der Waals surface area contributed by atoms with Gasteiger partial charge in [0.15, 0.2) is 0 Å². The molecule has 0 aromatic carbocycles. The number of hydrogen-bond acceptors (Lipinski definition) is 0. The minimum absolute atomic E-state index is 0.551. The largest absolute Gasteiger partial charge is 0.0999 e. The third-order valence-corrected chi connectivity index (χ3v) is 2.88. The lowest BCUT2D eigenvalue weighted by Crippen LogP contribution is -2.05. The van der Waals surface area contributed by atoms with E-state index in [4.69, 9.17) is 0 Å². The minimum Gasteiger partial charge on any atom is -0.0999 e. The smallest absolute Gasteiger partial charge is 0.0200 e.